The Hall–Kier alpha value is -2.55. The first-order valence-corrected chi connectivity index (χ1v) is 9.81. The molecule has 1 heterocycles. The van der Waals surface area contributed by atoms with Crippen LogP contribution < -0.4 is 5.32 Å². The van der Waals surface area contributed by atoms with E-state index in [1.165, 1.54) is 6.08 Å². The molecule has 28 heavy (non-hydrogen) atoms. The minimum absolute atomic E-state index is 0.0200. The van der Waals surface area contributed by atoms with Gasteiger partial charge in [0, 0.05) is 24.0 Å². The molecule has 1 aromatic rings. The van der Waals surface area contributed by atoms with Gasteiger partial charge in [-0.25, -0.2) is 4.79 Å². The minimum atomic E-state index is -0.790. The standard InChI is InChI=1S/C22H33N3O3/c1-14(2)8-9-25-16(5)10-19(18(25)7)11-20(12-23)22(27)28-13-21(26)24-17(6)15(3)4/h10-11,14-15,17H,8-9,13H2,1-7H3,(H,24,26)/b20-11+. The van der Waals surface area contributed by atoms with Crippen LogP contribution in [-0.4, -0.2) is 29.1 Å². The predicted molar refractivity (Wildman–Crippen MR) is 110 cm³/mol. The number of ether oxygens (including phenoxy) is 1. The first-order valence-electron chi connectivity index (χ1n) is 9.81. The highest BCUT2D eigenvalue weighted by molar-refractivity contribution is 5.99. The monoisotopic (exact) mass is 387 g/mol. The number of nitriles is 1. The molecule has 0 fully saturated rings. The number of esters is 1. The van der Waals surface area contributed by atoms with E-state index in [9.17, 15) is 14.9 Å². The Balaban J connectivity index is 2.83. The molecule has 6 nitrogen and oxygen atoms in total. The van der Waals surface area contributed by atoms with Crippen LogP contribution in [0.15, 0.2) is 11.6 Å². The van der Waals surface area contributed by atoms with Crippen LogP contribution in [-0.2, 0) is 20.9 Å². The van der Waals surface area contributed by atoms with Gasteiger partial charge in [-0.3, -0.25) is 4.79 Å². The maximum atomic E-state index is 12.2. The Morgan fingerprint density at radius 1 is 1.25 bits per heavy atom. The number of aryl methyl sites for hydroxylation is 1. The van der Waals surface area contributed by atoms with Crippen LogP contribution in [0.3, 0.4) is 0 Å². The number of rotatable bonds is 9. The third-order valence-corrected chi connectivity index (χ3v) is 4.91. The number of hydrogen-bond donors (Lipinski definition) is 1. The van der Waals surface area contributed by atoms with Crippen LogP contribution in [0.25, 0.3) is 6.08 Å². The summed E-state index contributed by atoms with van der Waals surface area (Å²) in [5.41, 5.74) is 2.78. The molecule has 0 aliphatic rings. The number of carbonyl (C=O) groups is 2. The molecule has 0 bridgehead atoms. The number of nitrogens with zero attached hydrogens (tertiary/aromatic N) is 2. The third kappa shape index (κ3) is 6.88. The molecule has 0 aromatic carbocycles. The Kier molecular flexibility index (Phi) is 8.98. The van der Waals surface area contributed by atoms with Crippen molar-refractivity contribution >= 4 is 18.0 Å². The van der Waals surface area contributed by atoms with Crippen molar-refractivity contribution in [3.05, 3.63) is 28.6 Å². The van der Waals surface area contributed by atoms with Crippen molar-refractivity contribution in [3.8, 4) is 6.07 Å². The van der Waals surface area contributed by atoms with Crippen molar-refractivity contribution < 1.29 is 14.3 Å². The first-order chi connectivity index (χ1) is 13.1. The summed E-state index contributed by atoms with van der Waals surface area (Å²) in [5.74, 6) is -0.296. The second kappa shape index (κ2) is 10.7. The van der Waals surface area contributed by atoms with E-state index in [0.29, 0.717) is 5.92 Å². The number of amides is 1. The molecule has 1 aromatic heterocycles. The molecule has 6 heteroatoms. The van der Waals surface area contributed by atoms with Crippen LogP contribution in [0.4, 0.5) is 0 Å². The topological polar surface area (TPSA) is 84.1 Å². The van der Waals surface area contributed by atoms with Gasteiger partial charge in [0.05, 0.1) is 0 Å². The highest BCUT2D eigenvalue weighted by atomic mass is 16.5. The molecular formula is C22H33N3O3. The fourth-order valence-corrected chi connectivity index (χ4v) is 2.67. The summed E-state index contributed by atoms with van der Waals surface area (Å²) in [7, 11) is 0. The molecule has 1 atom stereocenters. The van der Waals surface area contributed by atoms with Gasteiger partial charge >= 0.3 is 5.97 Å². The van der Waals surface area contributed by atoms with Crippen molar-refractivity contribution in [2.75, 3.05) is 6.61 Å². The summed E-state index contributed by atoms with van der Waals surface area (Å²) in [4.78, 5) is 24.1. The lowest BCUT2D eigenvalue weighted by Crippen LogP contribution is -2.38. The van der Waals surface area contributed by atoms with Gasteiger partial charge in [-0.15, -0.1) is 0 Å². The van der Waals surface area contributed by atoms with Crippen molar-refractivity contribution in [3.63, 3.8) is 0 Å². The van der Waals surface area contributed by atoms with Gasteiger partial charge in [0.25, 0.3) is 5.91 Å². The van der Waals surface area contributed by atoms with E-state index in [-0.39, 0.29) is 23.4 Å². The maximum Gasteiger partial charge on any atom is 0.349 e. The molecule has 154 valence electrons. The van der Waals surface area contributed by atoms with E-state index in [2.05, 4.69) is 23.7 Å². The fourth-order valence-electron chi connectivity index (χ4n) is 2.67. The van der Waals surface area contributed by atoms with Gasteiger partial charge in [0.1, 0.15) is 11.6 Å². The Morgan fingerprint density at radius 3 is 2.43 bits per heavy atom. The molecule has 0 saturated carbocycles. The minimum Gasteiger partial charge on any atom is -0.451 e. The van der Waals surface area contributed by atoms with Gasteiger partial charge < -0.3 is 14.6 Å². The van der Waals surface area contributed by atoms with E-state index >= 15 is 0 Å². The quantitative estimate of drug-likeness (QED) is 0.397. The van der Waals surface area contributed by atoms with Crippen LogP contribution in [0.1, 0.15) is 58.0 Å². The summed E-state index contributed by atoms with van der Waals surface area (Å²) in [6.07, 6.45) is 2.59. The number of aromatic nitrogens is 1. The van der Waals surface area contributed by atoms with E-state index < -0.39 is 12.6 Å². The summed E-state index contributed by atoms with van der Waals surface area (Å²) in [6, 6.07) is 3.82. The van der Waals surface area contributed by atoms with E-state index in [4.69, 9.17) is 4.74 Å². The third-order valence-electron chi connectivity index (χ3n) is 4.91. The Labute approximate surface area is 168 Å². The van der Waals surface area contributed by atoms with Gasteiger partial charge in [-0.1, -0.05) is 27.7 Å². The smallest absolute Gasteiger partial charge is 0.349 e. The second-order valence-electron chi connectivity index (χ2n) is 8.01. The van der Waals surface area contributed by atoms with Gasteiger partial charge in [0.15, 0.2) is 6.61 Å². The zero-order chi connectivity index (χ0) is 21.4. The number of nitrogens with one attached hydrogen (secondary N) is 1. The Bertz CT molecular complexity index is 767. The zero-order valence-corrected chi connectivity index (χ0v) is 18.1. The average Bonchev–Trinajstić information content (AvgIpc) is 2.88. The van der Waals surface area contributed by atoms with Gasteiger partial charge in [-0.2, -0.15) is 5.26 Å². The molecule has 1 rings (SSSR count). The fraction of sp³-hybridized carbons (Fsp3) is 0.591. The van der Waals surface area contributed by atoms with Crippen molar-refractivity contribution in [1.82, 2.24) is 9.88 Å². The lowest BCUT2D eigenvalue weighted by atomic mass is 10.1. The maximum absolute atomic E-state index is 12.2. The van der Waals surface area contributed by atoms with Crippen LogP contribution in [0.5, 0.6) is 0 Å². The van der Waals surface area contributed by atoms with Crippen LogP contribution >= 0.6 is 0 Å². The van der Waals surface area contributed by atoms with Crippen molar-refractivity contribution in [2.24, 2.45) is 11.8 Å². The van der Waals surface area contributed by atoms with E-state index in [1.807, 2.05) is 46.8 Å². The highest BCUT2D eigenvalue weighted by Gasteiger charge is 2.17. The van der Waals surface area contributed by atoms with E-state index in [0.717, 1.165) is 29.9 Å². The van der Waals surface area contributed by atoms with Crippen LogP contribution in [0, 0.1) is 37.0 Å². The lowest BCUT2D eigenvalue weighted by molar-refractivity contribution is -0.144. The predicted octanol–water partition coefficient (Wildman–Crippen LogP) is 3.76. The lowest BCUT2D eigenvalue weighted by Gasteiger charge is -2.17. The molecule has 0 aliphatic carbocycles. The summed E-state index contributed by atoms with van der Waals surface area (Å²) >= 11 is 0. The van der Waals surface area contributed by atoms with Crippen molar-refractivity contribution in [1.29, 1.82) is 5.26 Å². The SMILES string of the molecule is Cc1cc(/C=C(\C#N)C(=O)OCC(=O)NC(C)C(C)C)c(C)n1CCC(C)C. The molecule has 0 saturated heterocycles. The molecule has 1 N–H and O–H groups in total. The molecule has 1 amide bonds. The number of hydrogen-bond acceptors (Lipinski definition) is 4. The summed E-state index contributed by atoms with van der Waals surface area (Å²) < 4.78 is 7.20. The summed E-state index contributed by atoms with van der Waals surface area (Å²) in [5, 5.41) is 12.1. The molecule has 0 radical (unpaired) electrons. The highest BCUT2D eigenvalue weighted by Crippen LogP contribution is 2.20. The molecule has 0 spiro atoms. The van der Waals surface area contributed by atoms with Gasteiger partial charge in [0.2, 0.25) is 0 Å². The first kappa shape index (κ1) is 23.5. The largest absolute Gasteiger partial charge is 0.451 e. The van der Waals surface area contributed by atoms with E-state index in [1.54, 1.807) is 0 Å². The average molecular weight is 388 g/mol. The molecular weight excluding hydrogens is 354 g/mol. The Morgan fingerprint density at radius 2 is 1.89 bits per heavy atom. The zero-order valence-electron chi connectivity index (χ0n) is 18.1. The molecule has 0 aliphatic heterocycles. The second-order valence-corrected chi connectivity index (χ2v) is 8.01. The molecule has 1 unspecified atom stereocenters. The number of carbonyl (C=O) groups excluding carboxylic acids is 2. The van der Waals surface area contributed by atoms with Crippen LogP contribution in [0.2, 0.25) is 0 Å². The summed E-state index contributed by atoms with van der Waals surface area (Å²) in [6.45, 7) is 14.7. The van der Waals surface area contributed by atoms with Gasteiger partial charge in [-0.05, 0) is 56.7 Å². The van der Waals surface area contributed by atoms with Crippen molar-refractivity contribution in [2.45, 2.75) is 67.5 Å². The normalized spacial score (nSPS) is 12.8.